The zero-order valence-corrected chi connectivity index (χ0v) is 11.7. The lowest BCUT2D eigenvalue weighted by Crippen LogP contribution is -1.87. The van der Waals surface area contributed by atoms with Gasteiger partial charge >= 0.3 is 0 Å². The zero-order chi connectivity index (χ0) is 12.4. The highest BCUT2D eigenvalue weighted by Crippen LogP contribution is 2.43. The molecule has 1 aromatic heterocycles. The molecule has 0 unspecified atom stereocenters. The van der Waals surface area contributed by atoms with Crippen molar-refractivity contribution >= 4 is 21.6 Å². The number of benzene rings is 1. The summed E-state index contributed by atoms with van der Waals surface area (Å²) in [5.74, 6) is 1.70. The molecule has 0 amide bonds. The quantitative estimate of drug-likeness (QED) is 0.781. The number of thiazole rings is 1. The van der Waals surface area contributed by atoms with Crippen LogP contribution in [-0.4, -0.2) is 12.1 Å². The summed E-state index contributed by atoms with van der Waals surface area (Å²) < 4.78 is 6.66. The van der Waals surface area contributed by atoms with Crippen molar-refractivity contribution < 1.29 is 4.74 Å². The highest BCUT2D eigenvalue weighted by atomic mass is 32.1. The van der Waals surface area contributed by atoms with Gasteiger partial charge in [0.1, 0.15) is 11.3 Å². The number of nitrogens with zero attached hydrogens (tertiary/aromatic N) is 1. The van der Waals surface area contributed by atoms with Crippen LogP contribution in [0.1, 0.15) is 43.2 Å². The number of aryl methyl sites for hydroxylation is 1. The lowest BCUT2D eigenvalue weighted by atomic mass is 10.1. The van der Waals surface area contributed by atoms with Crippen LogP contribution < -0.4 is 4.74 Å². The van der Waals surface area contributed by atoms with Gasteiger partial charge in [-0.3, -0.25) is 0 Å². The van der Waals surface area contributed by atoms with Gasteiger partial charge in [-0.25, -0.2) is 4.98 Å². The Morgan fingerprint density at radius 3 is 2.59 bits per heavy atom. The van der Waals surface area contributed by atoms with Crippen LogP contribution in [0.2, 0.25) is 0 Å². The number of hydrogen-bond acceptors (Lipinski definition) is 3. The van der Waals surface area contributed by atoms with Gasteiger partial charge in [0.05, 0.1) is 16.8 Å². The first kappa shape index (κ1) is 12.4. The molecule has 0 aliphatic heterocycles. The predicted octanol–water partition coefficient (Wildman–Crippen LogP) is 4.52. The van der Waals surface area contributed by atoms with Gasteiger partial charge in [-0.05, 0) is 43.4 Å². The molecule has 1 fully saturated rings. The Kier molecular flexibility index (Phi) is 3.67. The van der Waals surface area contributed by atoms with Gasteiger partial charge in [0.15, 0.2) is 0 Å². The smallest absolute Gasteiger partial charge is 0.146 e. The predicted molar refractivity (Wildman–Crippen MR) is 74.2 cm³/mol. The van der Waals surface area contributed by atoms with Gasteiger partial charge in [0.2, 0.25) is 0 Å². The third-order valence-corrected chi connectivity index (χ3v) is 3.78. The molecular formula is C14H19NOS. The monoisotopic (exact) mass is 249 g/mol. The molecule has 0 N–H and O–H groups in total. The van der Waals surface area contributed by atoms with Gasteiger partial charge < -0.3 is 4.74 Å². The Bertz CT molecular complexity index is 514. The third kappa shape index (κ3) is 2.44. The summed E-state index contributed by atoms with van der Waals surface area (Å²) in [7, 11) is 1.72. The molecule has 0 bridgehead atoms. The maximum absolute atomic E-state index is 5.40. The molecule has 1 aromatic carbocycles. The molecule has 0 saturated heterocycles. The van der Waals surface area contributed by atoms with Crippen LogP contribution in [0.3, 0.4) is 0 Å². The van der Waals surface area contributed by atoms with E-state index < -0.39 is 0 Å². The maximum atomic E-state index is 5.40. The molecule has 1 saturated carbocycles. The van der Waals surface area contributed by atoms with Crippen molar-refractivity contribution in [2.24, 2.45) is 0 Å². The summed E-state index contributed by atoms with van der Waals surface area (Å²) in [5.41, 5.74) is 2.44. The summed E-state index contributed by atoms with van der Waals surface area (Å²) >= 11 is 1.75. The first-order valence-electron chi connectivity index (χ1n) is 6.23. The third-order valence-electron chi connectivity index (χ3n) is 2.86. The highest BCUT2D eigenvalue weighted by molar-refractivity contribution is 7.18. The van der Waals surface area contributed by atoms with Gasteiger partial charge in [-0.2, -0.15) is 0 Å². The molecule has 2 nitrogen and oxygen atoms in total. The Morgan fingerprint density at radius 1 is 1.29 bits per heavy atom. The van der Waals surface area contributed by atoms with E-state index in [9.17, 15) is 0 Å². The first-order chi connectivity index (χ1) is 8.28. The van der Waals surface area contributed by atoms with Crippen LogP contribution in [0.5, 0.6) is 5.75 Å². The van der Waals surface area contributed by atoms with Crippen molar-refractivity contribution in [3.8, 4) is 5.75 Å². The van der Waals surface area contributed by atoms with Crippen LogP contribution in [0, 0.1) is 6.92 Å². The molecule has 0 radical (unpaired) electrons. The molecule has 0 atom stereocenters. The average Bonchev–Trinajstić information content (AvgIpc) is 3.12. The lowest BCUT2D eigenvalue weighted by molar-refractivity contribution is 0.418. The minimum absolute atomic E-state index is 0.769. The van der Waals surface area contributed by atoms with Crippen LogP contribution in [0.25, 0.3) is 10.2 Å². The Hall–Kier alpha value is -1.09. The van der Waals surface area contributed by atoms with Crippen molar-refractivity contribution in [3.05, 3.63) is 22.7 Å². The topological polar surface area (TPSA) is 22.1 Å². The van der Waals surface area contributed by atoms with Crippen molar-refractivity contribution in [2.45, 2.75) is 39.5 Å². The molecule has 3 heteroatoms. The number of methoxy groups -OCH3 is 1. The number of fused-ring (bicyclic) bond motifs is 1. The summed E-state index contributed by atoms with van der Waals surface area (Å²) in [5, 5.41) is 1.11. The van der Waals surface area contributed by atoms with E-state index in [0.29, 0.717) is 0 Å². The SMILES string of the molecule is CC.COc1cc(C2CC2)cc2sc(C)nc12. The van der Waals surface area contributed by atoms with Crippen LogP contribution in [-0.2, 0) is 0 Å². The van der Waals surface area contributed by atoms with Crippen LogP contribution in [0.4, 0.5) is 0 Å². The average molecular weight is 249 g/mol. The standard InChI is InChI=1S/C12H13NOS.C2H6/c1-7-13-12-10(14-2)5-9(8-3-4-8)6-11(12)15-7;1-2/h5-6,8H,3-4H2,1-2H3;1-2H3. The van der Waals surface area contributed by atoms with E-state index in [2.05, 4.69) is 17.1 Å². The van der Waals surface area contributed by atoms with E-state index in [-0.39, 0.29) is 0 Å². The molecular weight excluding hydrogens is 230 g/mol. The Labute approximate surface area is 107 Å². The second-order valence-electron chi connectivity index (χ2n) is 4.08. The molecule has 1 heterocycles. The van der Waals surface area contributed by atoms with Gasteiger partial charge in [0.25, 0.3) is 0 Å². The van der Waals surface area contributed by atoms with E-state index in [0.717, 1.165) is 22.2 Å². The maximum Gasteiger partial charge on any atom is 0.146 e. The fourth-order valence-corrected chi connectivity index (χ4v) is 2.83. The van der Waals surface area contributed by atoms with Crippen molar-refractivity contribution in [2.75, 3.05) is 7.11 Å². The van der Waals surface area contributed by atoms with Crippen molar-refractivity contribution in [1.29, 1.82) is 0 Å². The van der Waals surface area contributed by atoms with Gasteiger partial charge in [-0.1, -0.05) is 13.8 Å². The van der Waals surface area contributed by atoms with E-state index in [1.165, 1.54) is 23.1 Å². The summed E-state index contributed by atoms with van der Waals surface area (Å²) in [6.07, 6.45) is 2.65. The summed E-state index contributed by atoms with van der Waals surface area (Å²) in [6, 6.07) is 4.43. The fraction of sp³-hybridized carbons (Fsp3) is 0.500. The minimum Gasteiger partial charge on any atom is -0.494 e. The number of rotatable bonds is 2. The van der Waals surface area contributed by atoms with Crippen LogP contribution >= 0.6 is 11.3 Å². The number of aromatic nitrogens is 1. The summed E-state index contributed by atoms with van der Waals surface area (Å²) in [6.45, 7) is 6.04. The van der Waals surface area contributed by atoms with E-state index in [4.69, 9.17) is 4.74 Å². The zero-order valence-electron chi connectivity index (χ0n) is 10.9. The van der Waals surface area contributed by atoms with E-state index in [1.807, 2.05) is 20.8 Å². The van der Waals surface area contributed by atoms with Gasteiger partial charge in [0, 0.05) is 0 Å². The van der Waals surface area contributed by atoms with Crippen molar-refractivity contribution in [3.63, 3.8) is 0 Å². The van der Waals surface area contributed by atoms with Crippen molar-refractivity contribution in [1.82, 2.24) is 4.98 Å². The largest absolute Gasteiger partial charge is 0.494 e. The Balaban J connectivity index is 0.000000514. The Morgan fingerprint density at radius 2 is 2.00 bits per heavy atom. The number of ether oxygens (including phenoxy) is 1. The highest BCUT2D eigenvalue weighted by Gasteiger charge is 2.25. The fourth-order valence-electron chi connectivity index (χ4n) is 1.94. The molecule has 2 aromatic rings. The van der Waals surface area contributed by atoms with Crippen LogP contribution in [0.15, 0.2) is 12.1 Å². The molecule has 92 valence electrons. The number of hydrogen-bond donors (Lipinski definition) is 0. The second kappa shape index (κ2) is 5.05. The minimum atomic E-state index is 0.769. The van der Waals surface area contributed by atoms with Gasteiger partial charge in [-0.15, -0.1) is 11.3 Å². The first-order valence-corrected chi connectivity index (χ1v) is 7.04. The lowest BCUT2D eigenvalue weighted by Gasteiger charge is -2.04. The second-order valence-corrected chi connectivity index (χ2v) is 5.31. The molecule has 1 aliphatic carbocycles. The summed E-state index contributed by atoms with van der Waals surface area (Å²) in [4.78, 5) is 4.50. The molecule has 0 spiro atoms. The van der Waals surface area contributed by atoms with E-state index >= 15 is 0 Å². The molecule has 3 rings (SSSR count). The normalized spacial score (nSPS) is 14.4. The molecule has 1 aliphatic rings. The van der Waals surface area contributed by atoms with E-state index in [1.54, 1.807) is 18.4 Å². The molecule has 17 heavy (non-hydrogen) atoms.